The summed E-state index contributed by atoms with van der Waals surface area (Å²) in [6, 6.07) is 4.79. The van der Waals surface area contributed by atoms with E-state index in [1.807, 2.05) is 6.07 Å². The zero-order valence-electron chi connectivity index (χ0n) is 7.10. The van der Waals surface area contributed by atoms with E-state index in [0.29, 0.717) is 18.5 Å². The van der Waals surface area contributed by atoms with Crippen molar-refractivity contribution in [3.8, 4) is 6.07 Å². The predicted molar refractivity (Wildman–Crippen MR) is 47.1 cm³/mol. The van der Waals surface area contributed by atoms with E-state index in [0.717, 1.165) is 0 Å². The van der Waals surface area contributed by atoms with Crippen LogP contribution < -0.4 is 5.56 Å². The van der Waals surface area contributed by atoms with Crippen LogP contribution in [0, 0.1) is 11.3 Å². The number of aliphatic hydroxyl groups is 1. The average Bonchev–Trinajstić information content (AvgIpc) is 2.17. The number of pyridine rings is 1. The maximum atomic E-state index is 11.2. The van der Waals surface area contributed by atoms with Crippen LogP contribution in [-0.2, 0) is 6.54 Å². The Morgan fingerprint density at radius 2 is 2.31 bits per heavy atom. The van der Waals surface area contributed by atoms with Gasteiger partial charge in [-0.15, -0.1) is 0 Å². The van der Waals surface area contributed by atoms with Crippen molar-refractivity contribution >= 4 is 0 Å². The van der Waals surface area contributed by atoms with Gasteiger partial charge in [-0.1, -0.05) is 0 Å². The van der Waals surface area contributed by atoms with E-state index in [4.69, 9.17) is 10.4 Å². The molecular formula is C9H10N2O2. The maximum absolute atomic E-state index is 11.2. The fraction of sp³-hybridized carbons (Fsp3) is 0.333. The van der Waals surface area contributed by atoms with Crippen molar-refractivity contribution in [1.82, 2.24) is 4.57 Å². The number of hydrogen-bond acceptors (Lipinski definition) is 3. The summed E-state index contributed by atoms with van der Waals surface area (Å²) in [7, 11) is 0. The van der Waals surface area contributed by atoms with Crippen LogP contribution in [0.25, 0.3) is 0 Å². The van der Waals surface area contributed by atoms with Crippen LogP contribution in [0.5, 0.6) is 0 Å². The molecule has 0 amide bonds. The van der Waals surface area contributed by atoms with Crippen LogP contribution in [0.3, 0.4) is 0 Å². The van der Waals surface area contributed by atoms with Gasteiger partial charge < -0.3 is 9.67 Å². The molecule has 0 atom stereocenters. The van der Waals surface area contributed by atoms with Gasteiger partial charge in [-0.2, -0.15) is 5.26 Å². The highest BCUT2D eigenvalue weighted by Gasteiger charge is 1.96. The lowest BCUT2D eigenvalue weighted by molar-refractivity contribution is 0.279. The molecule has 0 fully saturated rings. The summed E-state index contributed by atoms with van der Waals surface area (Å²) in [4.78, 5) is 11.2. The van der Waals surface area contributed by atoms with E-state index in [2.05, 4.69) is 0 Å². The van der Waals surface area contributed by atoms with Crippen LogP contribution in [0.1, 0.15) is 12.0 Å². The van der Waals surface area contributed by atoms with Gasteiger partial charge in [0.15, 0.2) is 0 Å². The number of aryl methyl sites for hydroxylation is 1. The summed E-state index contributed by atoms with van der Waals surface area (Å²) in [6.07, 6.45) is 2.02. The van der Waals surface area contributed by atoms with Gasteiger partial charge in [0.1, 0.15) is 6.07 Å². The molecule has 13 heavy (non-hydrogen) atoms. The van der Waals surface area contributed by atoms with Crippen molar-refractivity contribution in [3.05, 3.63) is 34.2 Å². The molecule has 0 unspecified atom stereocenters. The summed E-state index contributed by atoms with van der Waals surface area (Å²) in [5, 5.41) is 17.1. The molecule has 0 saturated carbocycles. The second-order valence-corrected chi connectivity index (χ2v) is 2.64. The van der Waals surface area contributed by atoms with E-state index in [9.17, 15) is 4.79 Å². The molecule has 0 spiro atoms. The van der Waals surface area contributed by atoms with E-state index in [1.54, 1.807) is 0 Å². The Kier molecular flexibility index (Phi) is 3.23. The molecule has 0 saturated heterocycles. The molecule has 1 aromatic heterocycles. The van der Waals surface area contributed by atoms with Gasteiger partial charge in [-0.25, -0.2) is 0 Å². The summed E-state index contributed by atoms with van der Waals surface area (Å²) >= 11 is 0. The van der Waals surface area contributed by atoms with Crippen LogP contribution >= 0.6 is 0 Å². The van der Waals surface area contributed by atoms with Crippen molar-refractivity contribution in [2.75, 3.05) is 6.61 Å². The standard InChI is InChI=1S/C9H10N2O2/c10-6-8-2-3-9(13)11(7-8)4-1-5-12/h2-3,7,12H,1,4-5H2. The van der Waals surface area contributed by atoms with Gasteiger partial charge in [-0.05, 0) is 12.5 Å². The minimum Gasteiger partial charge on any atom is -0.396 e. The lowest BCUT2D eigenvalue weighted by atomic mass is 10.3. The highest BCUT2D eigenvalue weighted by Crippen LogP contribution is 1.93. The number of aromatic nitrogens is 1. The Balaban J connectivity index is 2.92. The Morgan fingerprint density at radius 1 is 1.54 bits per heavy atom. The second kappa shape index (κ2) is 4.43. The molecule has 0 aromatic carbocycles. The van der Waals surface area contributed by atoms with Gasteiger partial charge >= 0.3 is 0 Å². The Labute approximate surface area is 75.7 Å². The molecule has 1 rings (SSSR count). The molecule has 1 heterocycles. The van der Waals surface area contributed by atoms with E-state index in [1.165, 1.54) is 22.9 Å². The molecule has 0 aliphatic carbocycles. The van der Waals surface area contributed by atoms with Crippen molar-refractivity contribution in [3.63, 3.8) is 0 Å². The zero-order valence-corrected chi connectivity index (χ0v) is 7.10. The fourth-order valence-corrected chi connectivity index (χ4v) is 1.01. The molecule has 0 bridgehead atoms. The Morgan fingerprint density at radius 3 is 2.92 bits per heavy atom. The van der Waals surface area contributed by atoms with E-state index < -0.39 is 0 Å². The summed E-state index contributed by atoms with van der Waals surface area (Å²) in [6.45, 7) is 0.494. The SMILES string of the molecule is N#Cc1ccc(=O)n(CCCO)c1. The number of nitriles is 1. The van der Waals surface area contributed by atoms with Crippen LogP contribution in [0.4, 0.5) is 0 Å². The molecule has 0 aliphatic heterocycles. The molecule has 68 valence electrons. The van der Waals surface area contributed by atoms with Crippen LogP contribution in [0.15, 0.2) is 23.1 Å². The number of rotatable bonds is 3. The lowest BCUT2D eigenvalue weighted by Crippen LogP contribution is -2.19. The first-order valence-electron chi connectivity index (χ1n) is 3.99. The fourth-order valence-electron chi connectivity index (χ4n) is 1.01. The molecule has 4 nitrogen and oxygen atoms in total. The monoisotopic (exact) mass is 178 g/mol. The van der Waals surface area contributed by atoms with E-state index in [-0.39, 0.29) is 12.2 Å². The van der Waals surface area contributed by atoms with Crippen molar-refractivity contribution in [2.45, 2.75) is 13.0 Å². The highest BCUT2D eigenvalue weighted by atomic mass is 16.3. The first-order chi connectivity index (χ1) is 6.27. The minimum absolute atomic E-state index is 0.0449. The third kappa shape index (κ3) is 2.42. The summed E-state index contributed by atoms with van der Waals surface area (Å²) in [5.74, 6) is 0. The summed E-state index contributed by atoms with van der Waals surface area (Å²) < 4.78 is 1.43. The van der Waals surface area contributed by atoms with Crippen molar-refractivity contribution in [2.24, 2.45) is 0 Å². The molecule has 0 aliphatic rings. The molecule has 4 heteroatoms. The normalized spacial score (nSPS) is 9.54. The van der Waals surface area contributed by atoms with Crippen molar-refractivity contribution in [1.29, 1.82) is 5.26 Å². The van der Waals surface area contributed by atoms with Crippen LogP contribution in [-0.4, -0.2) is 16.3 Å². The largest absolute Gasteiger partial charge is 0.396 e. The number of aliphatic hydroxyl groups excluding tert-OH is 1. The van der Waals surface area contributed by atoms with Gasteiger partial charge in [-0.3, -0.25) is 4.79 Å². The Bertz CT molecular complexity index is 376. The minimum atomic E-state index is -0.146. The molecule has 1 aromatic rings. The smallest absolute Gasteiger partial charge is 0.250 e. The first kappa shape index (κ1) is 9.49. The third-order valence-electron chi connectivity index (χ3n) is 1.67. The molecule has 0 radical (unpaired) electrons. The zero-order chi connectivity index (χ0) is 9.68. The van der Waals surface area contributed by atoms with Gasteiger partial charge in [0.2, 0.25) is 0 Å². The Hall–Kier alpha value is -1.60. The number of hydrogen-bond donors (Lipinski definition) is 1. The number of nitrogens with zero attached hydrogens (tertiary/aromatic N) is 2. The van der Waals surface area contributed by atoms with Crippen molar-refractivity contribution < 1.29 is 5.11 Å². The first-order valence-corrected chi connectivity index (χ1v) is 3.99. The average molecular weight is 178 g/mol. The predicted octanol–water partition coefficient (Wildman–Crippen LogP) is 0.102. The maximum Gasteiger partial charge on any atom is 0.250 e. The topological polar surface area (TPSA) is 66.0 Å². The quantitative estimate of drug-likeness (QED) is 0.714. The third-order valence-corrected chi connectivity index (χ3v) is 1.67. The second-order valence-electron chi connectivity index (χ2n) is 2.64. The van der Waals surface area contributed by atoms with Gasteiger partial charge in [0.25, 0.3) is 5.56 Å². The van der Waals surface area contributed by atoms with Crippen LogP contribution in [0.2, 0.25) is 0 Å². The molecule has 1 N–H and O–H groups in total. The van der Waals surface area contributed by atoms with E-state index >= 15 is 0 Å². The van der Waals surface area contributed by atoms with Gasteiger partial charge in [0.05, 0.1) is 5.56 Å². The highest BCUT2D eigenvalue weighted by molar-refractivity contribution is 5.24. The molecular weight excluding hydrogens is 168 g/mol. The summed E-state index contributed by atoms with van der Waals surface area (Å²) in [5.41, 5.74) is 0.310. The lowest BCUT2D eigenvalue weighted by Gasteiger charge is -2.02. The van der Waals surface area contributed by atoms with Gasteiger partial charge in [0, 0.05) is 25.4 Å².